The first-order chi connectivity index (χ1) is 8.16. The minimum atomic E-state index is 0.288. The molecule has 1 saturated carbocycles. The van der Waals surface area contributed by atoms with Crippen LogP contribution in [0, 0.1) is 0 Å². The van der Waals surface area contributed by atoms with Gasteiger partial charge in [0.2, 0.25) is 0 Å². The van der Waals surface area contributed by atoms with E-state index in [1.165, 1.54) is 5.56 Å². The average Bonchev–Trinajstić information content (AvgIpc) is 2.73. The molecule has 0 spiro atoms. The number of nitrogens with one attached hydrogen (secondary N) is 1. The molecule has 1 aliphatic rings. The maximum Gasteiger partial charge on any atom is 0.160 e. The molecule has 1 aromatic rings. The van der Waals surface area contributed by atoms with E-state index in [-0.39, 0.29) is 5.78 Å². The van der Waals surface area contributed by atoms with Crippen LogP contribution >= 0.6 is 0 Å². The van der Waals surface area contributed by atoms with Crippen molar-refractivity contribution in [1.82, 2.24) is 0 Å². The number of carbonyl (C=O) groups is 1. The number of hydrogen-bond donors (Lipinski definition) is 1. The van der Waals surface area contributed by atoms with Gasteiger partial charge in [0.1, 0.15) is 0 Å². The smallest absolute Gasteiger partial charge is 0.160 e. The van der Waals surface area contributed by atoms with Crippen molar-refractivity contribution in [2.75, 3.05) is 5.32 Å². The summed E-state index contributed by atoms with van der Waals surface area (Å²) in [5.41, 5.74) is 3.31. The van der Waals surface area contributed by atoms with Gasteiger partial charge in [0, 0.05) is 23.9 Å². The predicted molar refractivity (Wildman–Crippen MR) is 71.1 cm³/mol. The van der Waals surface area contributed by atoms with Gasteiger partial charge >= 0.3 is 0 Å². The van der Waals surface area contributed by atoms with Crippen LogP contribution in [0.4, 0.5) is 5.69 Å². The minimum absolute atomic E-state index is 0.288. The van der Waals surface area contributed by atoms with E-state index in [2.05, 4.69) is 43.4 Å². The Kier molecular flexibility index (Phi) is 3.62. The fourth-order valence-corrected chi connectivity index (χ4v) is 2.03. The number of benzene rings is 1. The highest BCUT2D eigenvalue weighted by Crippen LogP contribution is 2.21. The molecule has 0 heterocycles. The molecule has 0 radical (unpaired) electrons. The number of allylic oxidation sites excluding steroid dienone is 1. The van der Waals surface area contributed by atoms with Crippen LogP contribution in [0.25, 0.3) is 0 Å². The van der Waals surface area contributed by atoms with Crippen molar-refractivity contribution in [1.29, 1.82) is 0 Å². The van der Waals surface area contributed by atoms with Crippen LogP contribution in [0.2, 0.25) is 0 Å². The number of anilines is 1. The Balaban J connectivity index is 2.02. The second kappa shape index (κ2) is 5.17. The summed E-state index contributed by atoms with van der Waals surface area (Å²) in [7, 11) is 0. The molecule has 1 N–H and O–H groups in total. The monoisotopic (exact) mass is 229 g/mol. The van der Waals surface area contributed by atoms with Crippen molar-refractivity contribution in [3.05, 3.63) is 41.6 Å². The van der Waals surface area contributed by atoms with Crippen molar-refractivity contribution >= 4 is 11.5 Å². The van der Waals surface area contributed by atoms with E-state index in [4.69, 9.17) is 0 Å². The summed E-state index contributed by atoms with van der Waals surface area (Å²) in [6, 6.07) is 8.38. The Morgan fingerprint density at radius 1 is 1.18 bits per heavy atom. The Morgan fingerprint density at radius 2 is 1.88 bits per heavy atom. The molecule has 1 aliphatic carbocycles. The van der Waals surface area contributed by atoms with Crippen molar-refractivity contribution in [2.24, 2.45) is 0 Å². The lowest BCUT2D eigenvalue weighted by molar-refractivity contribution is -0.114. The van der Waals surface area contributed by atoms with Crippen LogP contribution in [0.1, 0.15) is 44.6 Å². The highest BCUT2D eigenvalue weighted by molar-refractivity contribution is 5.97. The van der Waals surface area contributed by atoms with E-state index in [0.717, 1.165) is 24.1 Å². The van der Waals surface area contributed by atoms with Crippen LogP contribution < -0.4 is 5.32 Å². The van der Waals surface area contributed by atoms with E-state index < -0.39 is 0 Å². The first-order valence-corrected chi connectivity index (χ1v) is 6.25. The van der Waals surface area contributed by atoms with Crippen molar-refractivity contribution < 1.29 is 4.79 Å². The molecule has 0 bridgehead atoms. The Morgan fingerprint density at radius 3 is 2.41 bits per heavy atom. The van der Waals surface area contributed by atoms with Gasteiger partial charge in [-0.1, -0.05) is 26.0 Å². The Bertz CT molecular complexity index is 429. The third-order valence-electron chi connectivity index (χ3n) is 3.20. The molecule has 17 heavy (non-hydrogen) atoms. The summed E-state index contributed by atoms with van der Waals surface area (Å²) < 4.78 is 0. The zero-order chi connectivity index (χ0) is 12.3. The zero-order valence-corrected chi connectivity index (χ0v) is 10.5. The summed E-state index contributed by atoms with van der Waals surface area (Å²) in [6.07, 6.45) is 4.48. The minimum Gasteiger partial charge on any atom is -0.361 e. The van der Waals surface area contributed by atoms with E-state index in [1.807, 2.05) is 6.20 Å². The largest absolute Gasteiger partial charge is 0.361 e. The molecule has 0 saturated heterocycles. The summed E-state index contributed by atoms with van der Waals surface area (Å²) in [6.45, 7) is 4.36. The normalized spacial score (nSPS) is 18.1. The number of rotatable bonds is 3. The van der Waals surface area contributed by atoms with Gasteiger partial charge in [-0.25, -0.2) is 0 Å². The zero-order valence-electron chi connectivity index (χ0n) is 10.5. The third-order valence-corrected chi connectivity index (χ3v) is 3.20. The Labute approximate surface area is 103 Å². The topological polar surface area (TPSA) is 29.1 Å². The summed E-state index contributed by atoms with van der Waals surface area (Å²) >= 11 is 0. The lowest BCUT2D eigenvalue weighted by atomic mass is 10.0. The summed E-state index contributed by atoms with van der Waals surface area (Å²) in [4.78, 5) is 11.4. The van der Waals surface area contributed by atoms with Crippen molar-refractivity contribution in [2.45, 2.75) is 39.0 Å². The maximum atomic E-state index is 11.4. The van der Waals surface area contributed by atoms with Crippen LogP contribution in [-0.2, 0) is 4.79 Å². The maximum absolute atomic E-state index is 11.4. The molecule has 90 valence electrons. The molecule has 2 rings (SSSR count). The Hall–Kier alpha value is -1.57. The van der Waals surface area contributed by atoms with Crippen LogP contribution in [0.3, 0.4) is 0 Å². The van der Waals surface area contributed by atoms with Gasteiger partial charge in [0.05, 0.1) is 0 Å². The molecule has 1 aromatic carbocycles. The van der Waals surface area contributed by atoms with E-state index >= 15 is 0 Å². The predicted octanol–water partition coefficient (Wildman–Crippen LogP) is 3.86. The number of Topliss-reactive ketones (excluding diaryl/α,β-unsaturated/α-hetero) is 1. The molecule has 1 fully saturated rings. The molecule has 0 unspecified atom stereocenters. The number of ketones is 1. The van der Waals surface area contributed by atoms with Crippen molar-refractivity contribution in [3.8, 4) is 0 Å². The third kappa shape index (κ3) is 2.96. The van der Waals surface area contributed by atoms with E-state index in [9.17, 15) is 4.79 Å². The van der Waals surface area contributed by atoms with Gasteiger partial charge in [-0.3, -0.25) is 4.79 Å². The van der Waals surface area contributed by atoms with Gasteiger partial charge in [-0.15, -0.1) is 0 Å². The molecule has 0 aliphatic heterocycles. The fraction of sp³-hybridized carbons (Fsp3) is 0.400. The van der Waals surface area contributed by atoms with Gasteiger partial charge in [-0.2, -0.15) is 0 Å². The molecule has 0 aromatic heterocycles. The average molecular weight is 229 g/mol. The fourth-order valence-electron chi connectivity index (χ4n) is 2.03. The highest BCUT2D eigenvalue weighted by atomic mass is 16.1. The lowest BCUT2D eigenvalue weighted by Gasteiger charge is -2.07. The number of carbonyl (C=O) groups excluding carboxylic acids is 1. The van der Waals surface area contributed by atoms with E-state index in [1.54, 1.807) is 0 Å². The van der Waals surface area contributed by atoms with Gasteiger partial charge in [-0.05, 0) is 36.5 Å². The summed E-state index contributed by atoms with van der Waals surface area (Å²) in [5, 5.41) is 3.20. The standard InChI is InChI=1S/C15H19NO/c1-11(2)12-6-8-14(9-7-12)16-10-13-4-3-5-15(13)17/h6-11,16H,3-5H2,1-2H3/b13-10-. The molecule has 0 atom stereocenters. The van der Waals surface area contributed by atoms with Gasteiger partial charge in [0.15, 0.2) is 5.78 Å². The first kappa shape index (κ1) is 11.9. The van der Waals surface area contributed by atoms with Gasteiger partial charge in [0.25, 0.3) is 0 Å². The van der Waals surface area contributed by atoms with Crippen LogP contribution in [0.15, 0.2) is 36.0 Å². The highest BCUT2D eigenvalue weighted by Gasteiger charge is 2.16. The van der Waals surface area contributed by atoms with Crippen LogP contribution in [0.5, 0.6) is 0 Å². The second-order valence-electron chi connectivity index (χ2n) is 4.87. The molecular formula is C15H19NO. The molecule has 2 nitrogen and oxygen atoms in total. The van der Waals surface area contributed by atoms with Crippen molar-refractivity contribution in [3.63, 3.8) is 0 Å². The quantitative estimate of drug-likeness (QED) is 0.797. The SMILES string of the molecule is CC(C)c1ccc(N/C=C2/CCCC2=O)cc1. The molecular weight excluding hydrogens is 210 g/mol. The summed E-state index contributed by atoms with van der Waals surface area (Å²) in [5.74, 6) is 0.843. The molecule has 0 amide bonds. The van der Waals surface area contributed by atoms with E-state index in [0.29, 0.717) is 12.3 Å². The van der Waals surface area contributed by atoms with Crippen LogP contribution in [-0.4, -0.2) is 5.78 Å². The number of hydrogen-bond acceptors (Lipinski definition) is 2. The first-order valence-electron chi connectivity index (χ1n) is 6.25. The molecule has 2 heteroatoms. The van der Waals surface area contributed by atoms with Gasteiger partial charge < -0.3 is 5.32 Å². The second-order valence-corrected chi connectivity index (χ2v) is 4.87. The lowest BCUT2D eigenvalue weighted by Crippen LogP contribution is -1.97.